The molecule has 174 valence electrons. The van der Waals surface area contributed by atoms with Crippen molar-refractivity contribution in [2.75, 3.05) is 0 Å². The number of nitrogens with one attached hydrogen (secondary N) is 1. The molecule has 0 saturated heterocycles. The van der Waals surface area contributed by atoms with Crippen LogP contribution < -0.4 is 4.72 Å². The molecule has 0 amide bonds. The summed E-state index contributed by atoms with van der Waals surface area (Å²) in [4.78, 5) is 11.9. The van der Waals surface area contributed by atoms with Crippen LogP contribution in [0.4, 0.5) is 0 Å². The lowest BCUT2D eigenvalue weighted by Crippen LogP contribution is -2.44. The Morgan fingerprint density at radius 3 is 2.55 bits per heavy atom. The van der Waals surface area contributed by atoms with Gasteiger partial charge < -0.3 is 9.84 Å². The molecule has 33 heavy (non-hydrogen) atoms. The minimum Gasteiger partial charge on any atom is -0.489 e. The van der Waals surface area contributed by atoms with Crippen LogP contribution in [0.2, 0.25) is 10.0 Å². The van der Waals surface area contributed by atoms with E-state index in [1.807, 2.05) is 6.07 Å². The molecular formula is C24H23Cl2NO5S. The molecule has 3 rings (SSSR count). The maximum absolute atomic E-state index is 12.9. The van der Waals surface area contributed by atoms with Crippen LogP contribution in [0.3, 0.4) is 0 Å². The number of carbonyl (C=O) groups is 1. The number of rotatable bonds is 10. The van der Waals surface area contributed by atoms with Crippen molar-refractivity contribution in [2.45, 2.75) is 31.4 Å². The molecule has 0 aromatic heterocycles. The van der Waals surface area contributed by atoms with Crippen molar-refractivity contribution in [3.63, 3.8) is 0 Å². The summed E-state index contributed by atoms with van der Waals surface area (Å²) in [6.07, 6.45) is 4.38. The molecule has 2 aromatic rings. The first-order valence-electron chi connectivity index (χ1n) is 9.99. The summed E-state index contributed by atoms with van der Waals surface area (Å²) in [5.41, 5.74) is -0.0949. The molecule has 0 spiro atoms. The molecule has 2 N–H and O–H groups in total. The number of ether oxygens (including phenoxy) is 1. The Labute approximate surface area is 203 Å². The molecule has 2 atom stereocenters. The van der Waals surface area contributed by atoms with E-state index >= 15 is 0 Å². The van der Waals surface area contributed by atoms with E-state index in [-0.39, 0.29) is 17.9 Å². The third kappa shape index (κ3) is 5.86. The normalized spacial score (nSPS) is 20.9. The summed E-state index contributed by atoms with van der Waals surface area (Å²) < 4.78 is 33.7. The highest BCUT2D eigenvalue weighted by atomic mass is 35.5. The number of halogens is 2. The first-order valence-corrected chi connectivity index (χ1v) is 12.2. The Morgan fingerprint density at radius 1 is 1.24 bits per heavy atom. The molecule has 9 heteroatoms. The average Bonchev–Trinajstić information content (AvgIpc) is 3.50. The Balaban J connectivity index is 1.73. The monoisotopic (exact) mass is 507 g/mol. The number of hydrogen-bond donors (Lipinski definition) is 2. The van der Waals surface area contributed by atoms with E-state index in [0.717, 1.165) is 5.56 Å². The fourth-order valence-electron chi connectivity index (χ4n) is 3.33. The molecule has 0 heterocycles. The van der Waals surface area contributed by atoms with Gasteiger partial charge in [0.15, 0.2) is 0 Å². The third-order valence-corrected chi connectivity index (χ3v) is 7.58. The van der Waals surface area contributed by atoms with Gasteiger partial charge in [0.2, 0.25) is 10.0 Å². The fraction of sp³-hybridized carbons (Fsp3) is 0.208. The van der Waals surface area contributed by atoms with Crippen molar-refractivity contribution in [3.8, 4) is 0 Å². The minimum atomic E-state index is -4.06. The lowest BCUT2D eigenvalue weighted by atomic mass is 10.1. The highest BCUT2D eigenvalue weighted by Gasteiger charge is 2.63. The summed E-state index contributed by atoms with van der Waals surface area (Å²) in [6.45, 7) is 5.18. The molecule has 1 saturated carbocycles. The predicted octanol–water partition coefficient (Wildman–Crippen LogP) is 5.41. The SMILES string of the molecule is C=C/C(=C\C=C(/C)S(=O)(=O)NC1(C(=O)O)CC1c1ccccc1)OCc1ccc(Cl)cc1Cl. The maximum atomic E-state index is 12.9. The Hall–Kier alpha value is -2.58. The van der Waals surface area contributed by atoms with Crippen molar-refractivity contribution in [2.24, 2.45) is 0 Å². The van der Waals surface area contributed by atoms with Crippen molar-refractivity contribution in [1.29, 1.82) is 0 Å². The zero-order valence-electron chi connectivity index (χ0n) is 17.8. The second-order valence-corrected chi connectivity index (χ2v) is 10.3. The molecule has 2 aromatic carbocycles. The highest BCUT2D eigenvalue weighted by molar-refractivity contribution is 7.93. The predicted molar refractivity (Wildman–Crippen MR) is 130 cm³/mol. The zero-order valence-corrected chi connectivity index (χ0v) is 20.1. The number of carboxylic acids is 1. The van der Waals surface area contributed by atoms with Gasteiger partial charge >= 0.3 is 5.97 Å². The van der Waals surface area contributed by atoms with Crippen LogP contribution in [0.5, 0.6) is 0 Å². The Morgan fingerprint density at radius 2 is 1.94 bits per heavy atom. The summed E-state index contributed by atoms with van der Waals surface area (Å²) in [5.74, 6) is -1.33. The Kier molecular flexibility index (Phi) is 7.69. The van der Waals surface area contributed by atoms with Crippen LogP contribution in [0.1, 0.15) is 30.4 Å². The lowest BCUT2D eigenvalue weighted by Gasteiger charge is -2.15. The molecule has 0 bridgehead atoms. The number of benzene rings is 2. The summed E-state index contributed by atoms with van der Waals surface area (Å²) in [7, 11) is -4.06. The van der Waals surface area contributed by atoms with Gasteiger partial charge in [0.05, 0.1) is 4.91 Å². The second kappa shape index (κ2) is 10.1. The molecule has 6 nitrogen and oxygen atoms in total. The summed E-state index contributed by atoms with van der Waals surface area (Å²) >= 11 is 12.0. The topological polar surface area (TPSA) is 92.7 Å². The summed E-state index contributed by atoms with van der Waals surface area (Å²) in [6, 6.07) is 14.0. The fourth-order valence-corrected chi connectivity index (χ4v) is 4.99. The molecule has 2 unspecified atom stereocenters. The number of allylic oxidation sites excluding steroid dienone is 4. The van der Waals surface area contributed by atoms with Gasteiger partial charge in [-0.2, -0.15) is 4.72 Å². The van der Waals surface area contributed by atoms with E-state index in [1.54, 1.807) is 42.5 Å². The van der Waals surface area contributed by atoms with Crippen molar-refractivity contribution < 1.29 is 23.1 Å². The molecule has 0 radical (unpaired) electrons. The van der Waals surface area contributed by atoms with Gasteiger partial charge in [-0.3, -0.25) is 4.79 Å². The van der Waals surface area contributed by atoms with Crippen LogP contribution in [-0.2, 0) is 26.2 Å². The van der Waals surface area contributed by atoms with Crippen LogP contribution in [-0.4, -0.2) is 25.0 Å². The van der Waals surface area contributed by atoms with Crippen LogP contribution in [0.25, 0.3) is 0 Å². The average molecular weight is 508 g/mol. The number of aliphatic carboxylic acids is 1. The van der Waals surface area contributed by atoms with Gasteiger partial charge in [-0.05, 0) is 49.3 Å². The van der Waals surface area contributed by atoms with Gasteiger partial charge in [0, 0.05) is 21.5 Å². The number of hydrogen-bond acceptors (Lipinski definition) is 4. The standard InChI is InChI=1S/C24H23Cl2NO5S/c1-3-20(32-15-18-10-11-19(25)13-22(18)26)12-9-16(2)33(30,31)27-24(23(28)29)14-21(24)17-7-5-4-6-8-17/h3-13,21,27H,1,14-15H2,2H3,(H,28,29)/b16-9+,20-12+. The molecule has 1 aliphatic rings. The summed E-state index contributed by atoms with van der Waals surface area (Å²) in [5, 5.41) is 10.7. The van der Waals surface area contributed by atoms with Crippen LogP contribution in [0.15, 0.2) is 84.0 Å². The largest absolute Gasteiger partial charge is 0.489 e. The van der Waals surface area contributed by atoms with E-state index in [4.69, 9.17) is 27.9 Å². The smallest absolute Gasteiger partial charge is 0.325 e. The first kappa shape index (κ1) is 25.1. The molecule has 0 aliphatic heterocycles. The zero-order chi connectivity index (χ0) is 24.2. The van der Waals surface area contributed by atoms with Crippen molar-refractivity contribution >= 4 is 39.2 Å². The van der Waals surface area contributed by atoms with Gasteiger partial charge in [-0.15, -0.1) is 0 Å². The van der Waals surface area contributed by atoms with Gasteiger partial charge in [0.1, 0.15) is 17.9 Å². The Bertz CT molecular complexity index is 1220. The van der Waals surface area contributed by atoms with E-state index in [9.17, 15) is 18.3 Å². The first-order chi connectivity index (χ1) is 15.6. The molecule has 1 fully saturated rings. The van der Waals surface area contributed by atoms with Crippen molar-refractivity contribution in [1.82, 2.24) is 4.72 Å². The van der Waals surface area contributed by atoms with E-state index < -0.39 is 27.4 Å². The van der Waals surface area contributed by atoms with E-state index in [0.29, 0.717) is 21.4 Å². The van der Waals surface area contributed by atoms with E-state index in [2.05, 4.69) is 11.3 Å². The second-order valence-electron chi connectivity index (χ2n) is 7.62. The quantitative estimate of drug-likeness (QED) is 0.331. The maximum Gasteiger partial charge on any atom is 0.325 e. The lowest BCUT2D eigenvalue weighted by molar-refractivity contribution is -0.140. The number of sulfonamides is 1. The van der Waals surface area contributed by atoms with Gasteiger partial charge in [-0.25, -0.2) is 8.42 Å². The van der Waals surface area contributed by atoms with Crippen molar-refractivity contribution in [3.05, 3.63) is 105 Å². The van der Waals surface area contributed by atoms with E-state index in [1.165, 1.54) is 25.2 Å². The van der Waals surface area contributed by atoms with Crippen LogP contribution >= 0.6 is 23.2 Å². The van der Waals surface area contributed by atoms with Gasteiger partial charge in [0.25, 0.3) is 0 Å². The molecule has 1 aliphatic carbocycles. The number of carboxylic acid groups (broad SMARTS) is 1. The van der Waals surface area contributed by atoms with Gasteiger partial charge in [-0.1, -0.05) is 66.2 Å². The minimum absolute atomic E-state index is 0.0608. The molecular weight excluding hydrogens is 485 g/mol. The van der Waals surface area contributed by atoms with Crippen LogP contribution in [0, 0.1) is 0 Å². The third-order valence-electron chi connectivity index (χ3n) is 5.38. The highest BCUT2D eigenvalue weighted by Crippen LogP contribution is 2.52.